The summed E-state index contributed by atoms with van der Waals surface area (Å²) in [5, 5.41) is 3.49. The molecule has 0 aliphatic heterocycles. The molecular formula is C16H25BrFN. The van der Waals surface area contributed by atoms with E-state index in [1.54, 1.807) is 12.1 Å². The van der Waals surface area contributed by atoms with E-state index in [2.05, 4.69) is 42.0 Å². The van der Waals surface area contributed by atoms with Gasteiger partial charge in [0, 0.05) is 16.1 Å². The van der Waals surface area contributed by atoms with Crippen molar-refractivity contribution < 1.29 is 4.39 Å². The van der Waals surface area contributed by atoms with E-state index in [-0.39, 0.29) is 11.9 Å². The summed E-state index contributed by atoms with van der Waals surface area (Å²) >= 11 is 3.49. The zero-order valence-corrected chi connectivity index (χ0v) is 13.8. The Hall–Kier alpha value is -0.410. The fourth-order valence-electron chi connectivity index (χ4n) is 2.48. The van der Waals surface area contributed by atoms with E-state index >= 15 is 0 Å². The molecule has 3 heteroatoms. The van der Waals surface area contributed by atoms with Crippen molar-refractivity contribution in [1.82, 2.24) is 5.32 Å². The minimum Gasteiger partial charge on any atom is -0.310 e. The minimum atomic E-state index is -0.119. The molecule has 0 saturated carbocycles. The standard InChI is InChI=1S/C16H25BrFN/c1-4-7-12(3)11-15(19-10-5-2)16-13(17)8-6-9-14(16)18/h6,8-9,12,15,19H,4-5,7,10-11H2,1-3H3. The van der Waals surface area contributed by atoms with Gasteiger partial charge in [-0.3, -0.25) is 0 Å². The van der Waals surface area contributed by atoms with Crippen molar-refractivity contribution in [3.63, 3.8) is 0 Å². The van der Waals surface area contributed by atoms with Crippen LogP contribution in [0, 0.1) is 11.7 Å². The van der Waals surface area contributed by atoms with Crippen LogP contribution >= 0.6 is 15.9 Å². The van der Waals surface area contributed by atoms with Crippen molar-refractivity contribution in [1.29, 1.82) is 0 Å². The highest BCUT2D eigenvalue weighted by Gasteiger charge is 2.20. The molecule has 0 aliphatic rings. The molecule has 0 amide bonds. The molecule has 0 radical (unpaired) electrons. The van der Waals surface area contributed by atoms with Crippen molar-refractivity contribution in [3.05, 3.63) is 34.1 Å². The first-order valence-electron chi connectivity index (χ1n) is 7.27. The van der Waals surface area contributed by atoms with Crippen LogP contribution in [0.5, 0.6) is 0 Å². The third-order valence-electron chi connectivity index (χ3n) is 3.41. The summed E-state index contributed by atoms with van der Waals surface area (Å²) in [6.07, 6.45) is 4.41. The number of hydrogen-bond acceptors (Lipinski definition) is 1. The first kappa shape index (κ1) is 16.6. The van der Waals surface area contributed by atoms with Crippen molar-refractivity contribution in [2.24, 2.45) is 5.92 Å². The van der Waals surface area contributed by atoms with Gasteiger partial charge in [-0.25, -0.2) is 4.39 Å². The summed E-state index contributed by atoms with van der Waals surface area (Å²) in [5.41, 5.74) is 0.777. The van der Waals surface area contributed by atoms with Crippen LogP contribution in [0.3, 0.4) is 0 Å². The highest BCUT2D eigenvalue weighted by molar-refractivity contribution is 9.10. The lowest BCUT2D eigenvalue weighted by Crippen LogP contribution is -2.25. The van der Waals surface area contributed by atoms with E-state index in [1.165, 1.54) is 12.8 Å². The van der Waals surface area contributed by atoms with Crippen LogP contribution in [0.1, 0.15) is 58.1 Å². The molecule has 0 bridgehead atoms. The van der Waals surface area contributed by atoms with E-state index in [9.17, 15) is 4.39 Å². The largest absolute Gasteiger partial charge is 0.310 e. The molecule has 0 heterocycles. The molecule has 1 N–H and O–H groups in total. The van der Waals surface area contributed by atoms with Crippen molar-refractivity contribution in [2.45, 2.75) is 52.5 Å². The van der Waals surface area contributed by atoms with Gasteiger partial charge in [0.1, 0.15) is 5.82 Å². The van der Waals surface area contributed by atoms with Gasteiger partial charge in [0.2, 0.25) is 0 Å². The summed E-state index contributed by atoms with van der Waals surface area (Å²) in [6, 6.07) is 5.31. The summed E-state index contributed by atoms with van der Waals surface area (Å²) in [6.45, 7) is 7.50. The zero-order chi connectivity index (χ0) is 14.3. The average Bonchev–Trinajstić information content (AvgIpc) is 2.35. The Morgan fingerprint density at radius 3 is 2.58 bits per heavy atom. The highest BCUT2D eigenvalue weighted by Crippen LogP contribution is 2.31. The number of nitrogens with one attached hydrogen (secondary N) is 1. The van der Waals surface area contributed by atoms with Gasteiger partial charge < -0.3 is 5.32 Å². The Kier molecular flexibility index (Phi) is 7.62. The van der Waals surface area contributed by atoms with Crippen molar-refractivity contribution >= 4 is 15.9 Å². The fourth-order valence-corrected chi connectivity index (χ4v) is 3.10. The second kappa shape index (κ2) is 8.70. The van der Waals surface area contributed by atoms with Crippen LogP contribution in [0.25, 0.3) is 0 Å². The average molecular weight is 330 g/mol. The number of rotatable bonds is 8. The number of hydrogen-bond donors (Lipinski definition) is 1. The maximum atomic E-state index is 14.1. The normalized spacial score (nSPS) is 14.4. The first-order chi connectivity index (χ1) is 9.10. The van der Waals surface area contributed by atoms with E-state index in [0.29, 0.717) is 5.92 Å². The molecule has 0 spiro atoms. The maximum Gasteiger partial charge on any atom is 0.129 e. The van der Waals surface area contributed by atoms with Crippen LogP contribution in [0.2, 0.25) is 0 Å². The fraction of sp³-hybridized carbons (Fsp3) is 0.625. The van der Waals surface area contributed by atoms with E-state index in [1.807, 2.05) is 6.07 Å². The second-order valence-electron chi connectivity index (χ2n) is 5.27. The smallest absolute Gasteiger partial charge is 0.129 e. The SMILES string of the molecule is CCCNC(CC(C)CCC)c1c(F)cccc1Br. The summed E-state index contributed by atoms with van der Waals surface area (Å²) < 4.78 is 15.0. The van der Waals surface area contributed by atoms with Gasteiger partial charge in [-0.15, -0.1) is 0 Å². The molecular weight excluding hydrogens is 305 g/mol. The van der Waals surface area contributed by atoms with Gasteiger partial charge in [0.15, 0.2) is 0 Å². The highest BCUT2D eigenvalue weighted by atomic mass is 79.9. The van der Waals surface area contributed by atoms with Crippen molar-refractivity contribution in [2.75, 3.05) is 6.54 Å². The van der Waals surface area contributed by atoms with Gasteiger partial charge >= 0.3 is 0 Å². The summed E-state index contributed by atoms with van der Waals surface area (Å²) in [7, 11) is 0. The van der Waals surface area contributed by atoms with Gasteiger partial charge in [0.25, 0.3) is 0 Å². The maximum absolute atomic E-state index is 14.1. The molecule has 0 aromatic heterocycles. The predicted molar refractivity (Wildman–Crippen MR) is 83.8 cm³/mol. The van der Waals surface area contributed by atoms with Crippen LogP contribution < -0.4 is 5.32 Å². The molecule has 1 aromatic carbocycles. The Morgan fingerprint density at radius 2 is 2.00 bits per heavy atom. The summed E-state index contributed by atoms with van der Waals surface area (Å²) in [5.74, 6) is 0.484. The van der Waals surface area contributed by atoms with E-state index < -0.39 is 0 Å². The van der Waals surface area contributed by atoms with Gasteiger partial charge in [-0.2, -0.15) is 0 Å². The van der Waals surface area contributed by atoms with Gasteiger partial charge in [0.05, 0.1) is 0 Å². The molecule has 1 nitrogen and oxygen atoms in total. The lowest BCUT2D eigenvalue weighted by atomic mass is 9.92. The second-order valence-corrected chi connectivity index (χ2v) is 6.13. The zero-order valence-electron chi connectivity index (χ0n) is 12.2. The first-order valence-corrected chi connectivity index (χ1v) is 8.06. The number of benzene rings is 1. The van der Waals surface area contributed by atoms with Gasteiger partial charge in [-0.05, 0) is 37.4 Å². The molecule has 19 heavy (non-hydrogen) atoms. The predicted octanol–water partition coefficient (Wildman–Crippen LogP) is 5.46. The third-order valence-corrected chi connectivity index (χ3v) is 4.10. The van der Waals surface area contributed by atoms with Crippen LogP contribution in [0.4, 0.5) is 4.39 Å². The molecule has 1 rings (SSSR count). The van der Waals surface area contributed by atoms with Gasteiger partial charge in [-0.1, -0.05) is 55.6 Å². The minimum absolute atomic E-state index is 0.0945. The van der Waals surface area contributed by atoms with Crippen molar-refractivity contribution in [3.8, 4) is 0 Å². The monoisotopic (exact) mass is 329 g/mol. The molecule has 0 fully saturated rings. The van der Waals surface area contributed by atoms with Crippen LogP contribution in [-0.4, -0.2) is 6.54 Å². The molecule has 2 unspecified atom stereocenters. The quantitative estimate of drug-likeness (QED) is 0.668. The van der Waals surface area contributed by atoms with E-state index in [4.69, 9.17) is 0 Å². The molecule has 108 valence electrons. The number of halogens is 2. The van der Waals surface area contributed by atoms with Crippen LogP contribution in [-0.2, 0) is 0 Å². The summed E-state index contributed by atoms with van der Waals surface area (Å²) in [4.78, 5) is 0. The Bertz CT molecular complexity index is 361. The lowest BCUT2D eigenvalue weighted by molar-refractivity contribution is 0.380. The van der Waals surface area contributed by atoms with Crippen LogP contribution in [0.15, 0.2) is 22.7 Å². The molecule has 1 aromatic rings. The van der Waals surface area contributed by atoms with E-state index in [0.717, 1.165) is 29.4 Å². The molecule has 2 atom stereocenters. The Morgan fingerprint density at radius 1 is 1.26 bits per heavy atom. The Balaban J connectivity index is 2.89. The third kappa shape index (κ3) is 5.23. The molecule has 0 aliphatic carbocycles. The topological polar surface area (TPSA) is 12.0 Å². The lowest BCUT2D eigenvalue weighted by Gasteiger charge is -2.24. The Labute approximate surface area is 125 Å². The molecule has 0 saturated heterocycles.